The van der Waals surface area contributed by atoms with Crippen LogP contribution in [-0.2, 0) is 9.59 Å². The van der Waals surface area contributed by atoms with Gasteiger partial charge in [0.25, 0.3) is 11.8 Å². The van der Waals surface area contributed by atoms with Gasteiger partial charge in [-0.05, 0) is 35.4 Å². The molecule has 2 aliphatic heterocycles. The molecule has 0 radical (unpaired) electrons. The molecule has 2 heterocycles. The average Bonchev–Trinajstić information content (AvgIpc) is 3.48. The third kappa shape index (κ3) is 5.68. The zero-order chi connectivity index (χ0) is 29.1. The number of aliphatic imine (C=N–C) groups is 2. The molecule has 4 aromatic carbocycles. The fraction of sp³-hybridized carbons (Fsp3) is 0.0588. The highest BCUT2D eigenvalue weighted by Crippen LogP contribution is 2.29. The number of amidine groups is 2. The van der Waals surface area contributed by atoms with E-state index in [0.717, 1.165) is 31.2 Å². The molecule has 6 nitrogen and oxygen atoms in total. The van der Waals surface area contributed by atoms with Crippen molar-refractivity contribution in [3.05, 3.63) is 152 Å². The molecule has 0 aliphatic carbocycles. The maximum Gasteiger partial charge on any atom is 0.278 e. The van der Waals surface area contributed by atoms with Crippen molar-refractivity contribution in [3.8, 4) is 0 Å². The van der Waals surface area contributed by atoms with Gasteiger partial charge in [0.15, 0.2) is 0 Å². The highest BCUT2D eigenvalue weighted by Gasteiger charge is 2.36. The summed E-state index contributed by atoms with van der Waals surface area (Å²) in [6.07, 6.45) is 3.57. The molecular weight excluding hydrogens is 656 g/mol. The predicted molar refractivity (Wildman–Crippen MR) is 174 cm³/mol. The summed E-state index contributed by atoms with van der Waals surface area (Å²) in [5.41, 5.74) is 4.02. The van der Waals surface area contributed by atoms with Crippen LogP contribution < -0.4 is 0 Å². The van der Waals surface area contributed by atoms with Crippen molar-refractivity contribution in [2.75, 3.05) is 13.1 Å². The molecule has 0 spiro atoms. The minimum Gasteiger partial charge on any atom is -0.289 e. The number of rotatable bonds is 7. The molecule has 0 saturated carbocycles. The first kappa shape index (κ1) is 27.8. The van der Waals surface area contributed by atoms with Crippen molar-refractivity contribution in [3.63, 3.8) is 0 Å². The lowest BCUT2D eigenvalue weighted by Gasteiger charge is -2.24. The van der Waals surface area contributed by atoms with Gasteiger partial charge in [0, 0.05) is 33.2 Å². The molecule has 42 heavy (non-hydrogen) atoms. The molecular formula is C34H24Br2N4O2. The second kappa shape index (κ2) is 12.2. The number of nitrogens with zero attached hydrogens (tertiary/aromatic N) is 4. The van der Waals surface area contributed by atoms with Crippen LogP contribution in [-0.4, -0.2) is 46.4 Å². The molecule has 4 aromatic rings. The van der Waals surface area contributed by atoms with Crippen LogP contribution in [0.15, 0.2) is 140 Å². The lowest BCUT2D eigenvalue weighted by atomic mass is 10.1. The van der Waals surface area contributed by atoms with E-state index < -0.39 is 0 Å². The van der Waals surface area contributed by atoms with Crippen LogP contribution >= 0.6 is 31.9 Å². The largest absolute Gasteiger partial charge is 0.289 e. The van der Waals surface area contributed by atoms with Gasteiger partial charge >= 0.3 is 0 Å². The predicted octanol–water partition coefficient (Wildman–Crippen LogP) is 7.17. The van der Waals surface area contributed by atoms with E-state index >= 15 is 0 Å². The summed E-state index contributed by atoms with van der Waals surface area (Å²) < 4.78 is 1.65. The maximum absolute atomic E-state index is 13.8. The molecule has 2 amide bonds. The molecule has 0 saturated heterocycles. The number of hydrogen-bond acceptors (Lipinski definition) is 4. The molecule has 8 heteroatoms. The van der Waals surface area contributed by atoms with Crippen LogP contribution in [0.5, 0.6) is 0 Å². The van der Waals surface area contributed by atoms with Gasteiger partial charge in [-0.15, -0.1) is 0 Å². The minimum atomic E-state index is -0.226. The Bertz CT molecular complexity index is 1660. The van der Waals surface area contributed by atoms with E-state index in [9.17, 15) is 9.59 Å². The quantitative estimate of drug-likeness (QED) is 0.195. The van der Waals surface area contributed by atoms with Gasteiger partial charge in [0.2, 0.25) is 0 Å². The van der Waals surface area contributed by atoms with Crippen LogP contribution in [0.3, 0.4) is 0 Å². The Morgan fingerprint density at radius 1 is 0.524 bits per heavy atom. The second-order valence-corrected chi connectivity index (χ2v) is 11.3. The minimum absolute atomic E-state index is 0.221. The highest BCUT2D eigenvalue weighted by atomic mass is 79.9. The first-order valence-electron chi connectivity index (χ1n) is 13.3. The summed E-state index contributed by atoms with van der Waals surface area (Å²) in [6, 6.07) is 34.6. The molecule has 0 N–H and O–H groups in total. The van der Waals surface area contributed by atoms with E-state index in [1.54, 1.807) is 22.0 Å². The zero-order valence-corrected chi connectivity index (χ0v) is 25.5. The summed E-state index contributed by atoms with van der Waals surface area (Å²) in [4.78, 5) is 40.4. The van der Waals surface area contributed by atoms with Gasteiger partial charge in [-0.2, -0.15) is 0 Å². The van der Waals surface area contributed by atoms with E-state index in [1.807, 2.05) is 109 Å². The van der Waals surface area contributed by atoms with Crippen molar-refractivity contribution in [2.45, 2.75) is 0 Å². The van der Waals surface area contributed by atoms with Crippen LogP contribution in [0.2, 0.25) is 0 Å². The fourth-order valence-electron chi connectivity index (χ4n) is 4.83. The highest BCUT2D eigenvalue weighted by molar-refractivity contribution is 9.10. The Labute approximate surface area is 260 Å². The SMILES string of the molecule is O=C1/C(=C/c2ccccc2)N=C(c2ccccc2Br)N1CCN1C(=O)/C(=C\c2ccccc2)N=C1c1ccccc1Br. The molecule has 0 atom stereocenters. The maximum atomic E-state index is 13.8. The smallest absolute Gasteiger partial charge is 0.278 e. The van der Waals surface area contributed by atoms with E-state index in [0.29, 0.717) is 23.1 Å². The van der Waals surface area contributed by atoms with Crippen molar-refractivity contribution in [1.82, 2.24) is 9.80 Å². The van der Waals surface area contributed by atoms with Crippen molar-refractivity contribution >= 4 is 67.5 Å². The topological polar surface area (TPSA) is 65.3 Å². The zero-order valence-electron chi connectivity index (χ0n) is 22.3. The standard InChI is InChI=1S/C34H24Br2N4O2/c35-27-17-9-7-15-25(27)31-37-29(21-23-11-3-1-4-12-23)33(41)39(31)19-20-40-32(26-16-8-10-18-28(26)36)38-30(34(40)42)22-24-13-5-2-6-14-24/h1-18,21-22H,19-20H2/b29-21-,30-22+. The van der Waals surface area contributed by atoms with E-state index in [1.165, 1.54) is 0 Å². The summed E-state index contributed by atoms with van der Waals surface area (Å²) in [5, 5.41) is 0. The Kier molecular flexibility index (Phi) is 8.08. The first-order chi connectivity index (χ1) is 20.5. The molecule has 6 rings (SSSR count). The Balaban J connectivity index is 1.35. The van der Waals surface area contributed by atoms with Crippen LogP contribution in [0, 0.1) is 0 Å². The fourth-order valence-corrected chi connectivity index (χ4v) is 5.75. The van der Waals surface area contributed by atoms with Crippen molar-refractivity contribution in [2.24, 2.45) is 9.98 Å². The Hall–Kier alpha value is -4.40. The van der Waals surface area contributed by atoms with E-state index in [4.69, 9.17) is 9.98 Å². The summed E-state index contributed by atoms with van der Waals surface area (Å²) in [7, 11) is 0. The van der Waals surface area contributed by atoms with E-state index in [2.05, 4.69) is 31.9 Å². The van der Waals surface area contributed by atoms with Gasteiger partial charge in [0.1, 0.15) is 23.1 Å². The normalized spacial score (nSPS) is 16.9. The number of carbonyl (C=O) groups is 2. The Morgan fingerprint density at radius 2 is 0.881 bits per heavy atom. The Morgan fingerprint density at radius 3 is 1.26 bits per heavy atom. The average molecular weight is 680 g/mol. The molecule has 0 aromatic heterocycles. The summed E-state index contributed by atoms with van der Waals surface area (Å²) in [6.45, 7) is 0.442. The molecule has 2 aliphatic rings. The van der Waals surface area contributed by atoms with Gasteiger partial charge in [0.05, 0.1) is 0 Å². The number of hydrogen-bond donors (Lipinski definition) is 0. The van der Waals surface area contributed by atoms with Gasteiger partial charge in [-0.1, -0.05) is 129 Å². The monoisotopic (exact) mass is 678 g/mol. The molecule has 0 bridgehead atoms. The van der Waals surface area contributed by atoms with Crippen molar-refractivity contribution in [1.29, 1.82) is 0 Å². The molecule has 0 unspecified atom stereocenters. The first-order valence-corrected chi connectivity index (χ1v) is 14.9. The van der Waals surface area contributed by atoms with Gasteiger partial charge < -0.3 is 0 Å². The molecule has 0 fully saturated rings. The third-order valence-electron chi connectivity index (χ3n) is 6.88. The van der Waals surface area contributed by atoms with E-state index in [-0.39, 0.29) is 24.9 Å². The lowest BCUT2D eigenvalue weighted by molar-refractivity contribution is -0.125. The van der Waals surface area contributed by atoms with Crippen LogP contribution in [0.25, 0.3) is 12.2 Å². The summed E-state index contributed by atoms with van der Waals surface area (Å²) >= 11 is 7.24. The second-order valence-electron chi connectivity index (χ2n) is 9.62. The number of halogens is 2. The van der Waals surface area contributed by atoms with Crippen LogP contribution in [0.4, 0.5) is 0 Å². The van der Waals surface area contributed by atoms with Gasteiger partial charge in [-0.3, -0.25) is 19.4 Å². The summed E-state index contributed by atoms with van der Waals surface area (Å²) in [5.74, 6) is 0.604. The van der Waals surface area contributed by atoms with Crippen molar-refractivity contribution < 1.29 is 9.59 Å². The molecule has 206 valence electrons. The number of amides is 2. The van der Waals surface area contributed by atoms with Gasteiger partial charge in [-0.25, -0.2) is 9.98 Å². The van der Waals surface area contributed by atoms with Crippen LogP contribution in [0.1, 0.15) is 22.3 Å². The lowest BCUT2D eigenvalue weighted by Crippen LogP contribution is -2.43. The third-order valence-corrected chi connectivity index (χ3v) is 8.26. The number of carbonyl (C=O) groups excluding carboxylic acids is 2. The number of benzene rings is 4.